The van der Waals surface area contributed by atoms with Gasteiger partial charge in [0.05, 0.1) is 0 Å². The molecule has 1 aliphatic carbocycles. The highest BCUT2D eigenvalue weighted by atomic mass is 32.2. The van der Waals surface area contributed by atoms with Crippen LogP contribution in [0.1, 0.15) is 38.5 Å². The molecular weight excluding hydrogens is 194 g/mol. The third-order valence-electron chi connectivity index (χ3n) is 2.83. The Morgan fingerprint density at radius 1 is 1.36 bits per heavy atom. The topological polar surface area (TPSA) is 29.1 Å². The van der Waals surface area contributed by atoms with Crippen molar-refractivity contribution in [2.75, 3.05) is 18.6 Å². The van der Waals surface area contributed by atoms with Gasteiger partial charge in [-0.3, -0.25) is 4.79 Å². The van der Waals surface area contributed by atoms with E-state index in [1.165, 1.54) is 32.1 Å². The number of nitrogens with one attached hydrogen (secondary N) is 1. The normalized spacial score (nSPS) is 18.1. The summed E-state index contributed by atoms with van der Waals surface area (Å²) >= 11 is 1.77. The Labute approximate surface area is 91.2 Å². The van der Waals surface area contributed by atoms with Gasteiger partial charge in [-0.25, -0.2) is 0 Å². The first kappa shape index (κ1) is 11.9. The summed E-state index contributed by atoms with van der Waals surface area (Å²) in [6.45, 7) is 0.826. The van der Waals surface area contributed by atoms with Gasteiger partial charge in [-0.2, -0.15) is 11.8 Å². The molecule has 1 amide bonds. The number of amides is 1. The molecule has 0 heterocycles. The van der Waals surface area contributed by atoms with Crippen molar-refractivity contribution in [1.82, 2.24) is 5.32 Å². The van der Waals surface area contributed by atoms with E-state index in [1.807, 2.05) is 0 Å². The van der Waals surface area contributed by atoms with Crippen molar-refractivity contribution >= 4 is 17.7 Å². The van der Waals surface area contributed by atoms with Gasteiger partial charge in [-0.1, -0.05) is 19.3 Å². The number of carbonyl (C=O) groups excluding carboxylic acids is 1. The molecule has 0 bridgehead atoms. The summed E-state index contributed by atoms with van der Waals surface area (Å²) in [6, 6.07) is 0. The van der Waals surface area contributed by atoms with Crippen LogP contribution in [-0.2, 0) is 4.79 Å². The van der Waals surface area contributed by atoms with Gasteiger partial charge >= 0.3 is 0 Å². The monoisotopic (exact) mass is 215 g/mol. The van der Waals surface area contributed by atoms with Crippen molar-refractivity contribution < 1.29 is 4.79 Å². The zero-order chi connectivity index (χ0) is 10.2. The van der Waals surface area contributed by atoms with Crippen LogP contribution < -0.4 is 5.32 Å². The molecule has 0 aliphatic heterocycles. The van der Waals surface area contributed by atoms with Gasteiger partial charge in [0, 0.05) is 18.7 Å². The van der Waals surface area contributed by atoms with Gasteiger partial charge in [-0.05, 0) is 25.0 Å². The van der Waals surface area contributed by atoms with E-state index in [-0.39, 0.29) is 5.91 Å². The molecule has 0 unspecified atom stereocenters. The fraction of sp³-hybridized carbons (Fsp3) is 0.909. The number of carbonyl (C=O) groups is 1. The molecule has 0 aromatic carbocycles. The van der Waals surface area contributed by atoms with Crippen molar-refractivity contribution in [2.45, 2.75) is 38.5 Å². The molecule has 1 saturated carbocycles. The van der Waals surface area contributed by atoms with Gasteiger partial charge in [0.25, 0.3) is 0 Å². The lowest BCUT2D eigenvalue weighted by atomic mass is 9.87. The lowest BCUT2D eigenvalue weighted by molar-refractivity contribution is -0.122. The summed E-state index contributed by atoms with van der Waals surface area (Å²) in [7, 11) is 0. The highest BCUT2D eigenvalue weighted by molar-refractivity contribution is 7.98. The largest absolute Gasteiger partial charge is 0.355 e. The smallest absolute Gasteiger partial charge is 0.220 e. The van der Waals surface area contributed by atoms with Gasteiger partial charge in [-0.15, -0.1) is 0 Å². The maximum atomic E-state index is 11.5. The van der Waals surface area contributed by atoms with Crippen LogP contribution in [0.5, 0.6) is 0 Å². The van der Waals surface area contributed by atoms with E-state index in [2.05, 4.69) is 11.6 Å². The van der Waals surface area contributed by atoms with Crippen molar-refractivity contribution in [3.05, 3.63) is 0 Å². The average molecular weight is 215 g/mol. The molecule has 0 atom stereocenters. The van der Waals surface area contributed by atoms with Crippen LogP contribution in [0, 0.1) is 5.92 Å². The number of rotatable bonds is 5. The molecule has 0 spiro atoms. The summed E-state index contributed by atoms with van der Waals surface area (Å²) in [4.78, 5) is 11.5. The van der Waals surface area contributed by atoms with E-state index >= 15 is 0 Å². The summed E-state index contributed by atoms with van der Waals surface area (Å²) in [5.41, 5.74) is 0. The van der Waals surface area contributed by atoms with E-state index in [0.717, 1.165) is 18.7 Å². The van der Waals surface area contributed by atoms with Crippen LogP contribution in [-0.4, -0.2) is 24.5 Å². The van der Waals surface area contributed by atoms with Crippen molar-refractivity contribution in [3.63, 3.8) is 0 Å². The van der Waals surface area contributed by atoms with Crippen LogP contribution in [0.4, 0.5) is 0 Å². The standard InChI is InChI=1S/C11H21NOS/c1-14-8-7-12-11(13)9-10-5-3-2-4-6-10/h10H,2-9H2,1H3,(H,12,13). The molecule has 1 rings (SSSR count). The van der Waals surface area contributed by atoms with E-state index < -0.39 is 0 Å². The fourth-order valence-electron chi connectivity index (χ4n) is 2.02. The van der Waals surface area contributed by atoms with Crippen LogP contribution >= 0.6 is 11.8 Å². The van der Waals surface area contributed by atoms with Gasteiger partial charge in [0.1, 0.15) is 0 Å². The minimum atomic E-state index is 0.256. The fourth-order valence-corrected chi connectivity index (χ4v) is 2.32. The van der Waals surface area contributed by atoms with Crippen LogP contribution in [0.25, 0.3) is 0 Å². The second kappa shape index (κ2) is 7.16. The molecule has 0 radical (unpaired) electrons. The summed E-state index contributed by atoms with van der Waals surface area (Å²) in [5, 5.41) is 2.97. The first-order valence-corrected chi connectivity index (χ1v) is 6.98. The zero-order valence-corrected chi connectivity index (χ0v) is 9.87. The molecule has 0 aromatic heterocycles. The molecule has 82 valence electrons. The molecule has 3 heteroatoms. The van der Waals surface area contributed by atoms with Gasteiger partial charge < -0.3 is 5.32 Å². The molecule has 1 fully saturated rings. The zero-order valence-electron chi connectivity index (χ0n) is 9.05. The van der Waals surface area contributed by atoms with Crippen LogP contribution in [0.3, 0.4) is 0 Å². The minimum absolute atomic E-state index is 0.256. The van der Waals surface area contributed by atoms with E-state index in [0.29, 0.717) is 5.92 Å². The van der Waals surface area contributed by atoms with Crippen LogP contribution in [0.2, 0.25) is 0 Å². The van der Waals surface area contributed by atoms with Crippen molar-refractivity contribution in [1.29, 1.82) is 0 Å². The Kier molecular flexibility index (Phi) is 6.08. The summed E-state index contributed by atoms with van der Waals surface area (Å²) in [6.07, 6.45) is 9.35. The van der Waals surface area contributed by atoms with Crippen molar-refractivity contribution in [3.8, 4) is 0 Å². The Bertz CT molecular complexity index is 167. The third-order valence-corrected chi connectivity index (χ3v) is 3.44. The lowest BCUT2D eigenvalue weighted by Crippen LogP contribution is -2.28. The maximum Gasteiger partial charge on any atom is 0.220 e. The number of hydrogen-bond acceptors (Lipinski definition) is 2. The number of thioether (sulfide) groups is 1. The van der Waals surface area contributed by atoms with E-state index in [9.17, 15) is 4.79 Å². The molecule has 1 N–H and O–H groups in total. The average Bonchev–Trinajstić information content (AvgIpc) is 2.20. The minimum Gasteiger partial charge on any atom is -0.355 e. The highest BCUT2D eigenvalue weighted by Gasteiger charge is 2.16. The molecule has 0 saturated heterocycles. The van der Waals surface area contributed by atoms with Gasteiger partial charge in [0.2, 0.25) is 5.91 Å². The quantitative estimate of drug-likeness (QED) is 0.714. The second-order valence-electron chi connectivity index (χ2n) is 4.05. The third kappa shape index (κ3) is 4.89. The molecular formula is C11H21NOS. The van der Waals surface area contributed by atoms with Crippen LogP contribution in [0.15, 0.2) is 0 Å². The first-order valence-electron chi connectivity index (χ1n) is 5.58. The van der Waals surface area contributed by atoms with Crippen molar-refractivity contribution in [2.24, 2.45) is 5.92 Å². The Hall–Kier alpha value is -0.180. The van der Waals surface area contributed by atoms with E-state index in [4.69, 9.17) is 0 Å². The lowest BCUT2D eigenvalue weighted by Gasteiger charge is -2.20. The Balaban J connectivity index is 2.06. The SMILES string of the molecule is CSCCNC(=O)CC1CCCCC1. The molecule has 0 aromatic rings. The molecule has 1 aliphatic rings. The molecule has 14 heavy (non-hydrogen) atoms. The summed E-state index contributed by atoms with van der Waals surface area (Å²) < 4.78 is 0. The Morgan fingerprint density at radius 2 is 2.07 bits per heavy atom. The molecule has 2 nitrogen and oxygen atoms in total. The number of hydrogen-bond donors (Lipinski definition) is 1. The van der Waals surface area contributed by atoms with E-state index in [1.54, 1.807) is 11.8 Å². The van der Waals surface area contributed by atoms with Gasteiger partial charge in [0.15, 0.2) is 0 Å². The Morgan fingerprint density at radius 3 is 2.71 bits per heavy atom. The summed E-state index contributed by atoms with van der Waals surface area (Å²) in [5.74, 6) is 1.94. The first-order chi connectivity index (χ1) is 6.83. The second-order valence-corrected chi connectivity index (χ2v) is 5.04. The predicted molar refractivity (Wildman–Crippen MR) is 62.6 cm³/mol. The maximum absolute atomic E-state index is 11.5. The highest BCUT2D eigenvalue weighted by Crippen LogP contribution is 2.25. The predicted octanol–water partition coefficient (Wildman–Crippen LogP) is 2.44.